The Labute approximate surface area is 152 Å². The number of nitrogens with one attached hydrogen (secondary N) is 3. The minimum atomic E-state index is 0.121. The molecule has 1 aromatic carbocycles. The van der Waals surface area contributed by atoms with Crippen molar-refractivity contribution < 1.29 is 4.74 Å². The Morgan fingerprint density at radius 1 is 1.19 bits per heavy atom. The average Bonchev–Trinajstić information content (AvgIpc) is 2.72. The molecule has 0 radical (unpaired) electrons. The van der Waals surface area contributed by atoms with Crippen LogP contribution in [0.1, 0.15) is 0 Å². The molecule has 1 aliphatic heterocycles. The molecule has 0 spiro atoms. The summed E-state index contributed by atoms with van der Waals surface area (Å²) in [5.74, 6) is 0.734. The molecule has 3 heterocycles. The molecule has 134 valence electrons. The Bertz CT molecular complexity index is 877. The van der Waals surface area contributed by atoms with Crippen LogP contribution in [0.2, 0.25) is 0 Å². The van der Waals surface area contributed by atoms with Crippen molar-refractivity contribution in [2.45, 2.75) is 6.10 Å². The third-order valence-corrected chi connectivity index (χ3v) is 4.43. The lowest BCUT2D eigenvalue weighted by Gasteiger charge is -2.24. The number of hydrogen-bond acceptors (Lipinski definition) is 7. The summed E-state index contributed by atoms with van der Waals surface area (Å²) in [6.07, 6.45) is 3.51. The first kappa shape index (κ1) is 16.7. The van der Waals surface area contributed by atoms with E-state index < -0.39 is 0 Å². The summed E-state index contributed by atoms with van der Waals surface area (Å²) in [6.45, 7) is 3.15. The summed E-state index contributed by atoms with van der Waals surface area (Å²) in [5.41, 5.74) is 4.56. The zero-order chi connectivity index (χ0) is 17.8. The van der Waals surface area contributed by atoms with Crippen molar-refractivity contribution in [1.82, 2.24) is 20.3 Å². The molecule has 1 atom stereocenters. The zero-order valence-electron chi connectivity index (χ0n) is 14.7. The van der Waals surface area contributed by atoms with Crippen LogP contribution in [-0.4, -0.2) is 54.3 Å². The molecular weight excluding hydrogens is 328 g/mol. The molecule has 2 aromatic heterocycles. The maximum atomic E-state index is 5.76. The number of rotatable bonds is 5. The Balaban J connectivity index is 1.65. The molecule has 0 amide bonds. The van der Waals surface area contributed by atoms with Crippen LogP contribution in [0.3, 0.4) is 0 Å². The van der Waals surface area contributed by atoms with Gasteiger partial charge in [0.25, 0.3) is 0 Å². The minimum absolute atomic E-state index is 0.121. The van der Waals surface area contributed by atoms with Gasteiger partial charge in [-0.15, -0.1) is 0 Å². The second kappa shape index (κ2) is 7.63. The van der Waals surface area contributed by atoms with Crippen molar-refractivity contribution in [3.63, 3.8) is 0 Å². The maximum absolute atomic E-state index is 5.76. The van der Waals surface area contributed by atoms with Crippen LogP contribution < -0.4 is 16.0 Å². The molecule has 4 rings (SSSR count). The molecule has 0 unspecified atom stereocenters. The van der Waals surface area contributed by atoms with Crippen molar-refractivity contribution in [3.8, 4) is 11.3 Å². The van der Waals surface area contributed by atoms with Gasteiger partial charge in [-0.2, -0.15) is 0 Å². The molecule has 1 aliphatic rings. The lowest BCUT2D eigenvalue weighted by atomic mass is 10.1. The third-order valence-electron chi connectivity index (χ3n) is 4.43. The lowest BCUT2D eigenvalue weighted by Crippen LogP contribution is -2.42. The summed E-state index contributed by atoms with van der Waals surface area (Å²) in [6, 6.07) is 10.1. The van der Waals surface area contributed by atoms with Crippen molar-refractivity contribution in [2.24, 2.45) is 0 Å². The highest BCUT2D eigenvalue weighted by Gasteiger charge is 2.15. The number of anilines is 2. The molecule has 1 fully saturated rings. The molecule has 0 aliphatic carbocycles. The summed E-state index contributed by atoms with van der Waals surface area (Å²) in [5, 5.41) is 9.86. The van der Waals surface area contributed by atoms with E-state index in [1.807, 2.05) is 37.4 Å². The predicted molar refractivity (Wildman–Crippen MR) is 103 cm³/mol. The molecule has 0 bridgehead atoms. The van der Waals surface area contributed by atoms with Crippen LogP contribution in [0.25, 0.3) is 22.3 Å². The summed E-state index contributed by atoms with van der Waals surface area (Å²) < 4.78 is 5.76. The van der Waals surface area contributed by atoms with E-state index in [2.05, 4.69) is 25.9 Å². The highest BCUT2D eigenvalue weighted by Crippen LogP contribution is 2.26. The third kappa shape index (κ3) is 3.58. The molecular formula is C19H22N6O. The van der Waals surface area contributed by atoms with E-state index in [1.165, 1.54) is 0 Å². The zero-order valence-corrected chi connectivity index (χ0v) is 14.7. The number of ether oxygens (including phenoxy) is 1. The van der Waals surface area contributed by atoms with Gasteiger partial charge in [0.1, 0.15) is 5.52 Å². The van der Waals surface area contributed by atoms with Crippen molar-refractivity contribution in [2.75, 3.05) is 43.9 Å². The van der Waals surface area contributed by atoms with E-state index in [4.69, 9.17) is 9.72 Å². The quantitative estimate of drug-likeness (QED) is 0.650. The van der Waals surface area contributed by atoms with E-state index in [1.54, 1.807) is 12.4 Å². The number of aromatic nitrogens is 3. The summed E-state index contributed by atoms with van der Waals surface area (Å²) >= 11 is 0. The van der Waals surface area contributed by atoms with Gasteiger partial charge >= 0.3 is 0 Å². The molecule has 3 aromatic rings. The van der Waals surface area contributed by atoms with Gasteiger partial charge in [-0.3, -0.25) is 4.98 Å². The van der Waals surface area contributed by atoms with Crippen LogP contribution in [0.4, 0.5) is 11.5 Å². The normalized spacial score (nSPS) is 17.2. The highest BCUT2D eigenvalue weighted by molar-refractivity contribution is 5.88. The fourth-order valence-electron chi connectivity index (χ4n) is 3.01. The van der Waals surface area contributed by atoms with Crippen LogP contribution in [-0.2, 0) is 4.74 Å². The number of hydrogen-bond donors (Lipinski definition) is 3. The maximum Gasteiger partial charge on any atom is 0.154 e. The van der Waals surface area contributed by atoms with Gasteiger partial charge < -0.3 is 20.7 Å². The van der Waals surface area contributed by atoms with Crippen LogP contribution >= 0.6 is 0 Å². The lowest BCUT2D eigenvalue weighted by molar-refractivity contribution is 0.0372. The van der Waals surface area contributed by atoms with Gasteiger partial charge in [0.05, 0.1) is 23.9 Å². The molecule has 1 saturated heterocycles. The van der Waals surface area contributed by atoms with Crippen LogP contribution in [0, 0.1) is 0 Å². The first-order chi connectivity index (χ1) is 12.8. The topological polar surface area (TPSA) is 84.0 Å². The Morgan fingerprint density at radius 3 is 2.81 bits per heavy atom. The number of fused-ring (bicyclic) bond motifs is 1. The highest BCUT2D eigenvalue weighted by atomic mass is 16.5. The number of morpholine rings is 1. The van der Waals surface area contributed by atoms with Crippen molar-refractivity contribution >= 4 is 22.5 Å². The van der Waals surface area contributed by atoms with Crippen LogP contribution in [0.5, 0.6) is 0 Å². The second-order valence-corrected chi connectivity index (χ2v) is 6.19. The van der Waals surface area contributed by atoms with E-state index >= 15 is 0 Å². The Hall–Kier alpha value is -2.77. The molecule has 26 heavy (non-hydrogen) atoms. The van der Waals surface area contributed by atoms with Gasteiger partial charge in [-0.05, 0) is 18.2 Å². The molecule has 7 heteroatoms. The summed E-state index contributed by atoms with van der Waals surface area (Å²) in [4.78, 5) is 13.7. The SMILES string of the molecule is CNc1ccc(-c2cc3nccnc3c(NC[C@H]3CNCCO3)n2)cc1. The van der Waals surface area contributed by atoms with E-state index in [9.17, 15) is 0 Å². The Kier molecular flexibility index (Phi) is 4.90. The number of nitrogens with zero attached hydrogens (tertiary/aromatic N) is 3. The molecule has 0 saturated carbocycles. The fourth-order valence-corrected chi connectivity index (χ4v) is 3.01. The average molecular weight is 350 g/mol. The van der Waals surface area contributed by atoms with Crippen molar-refractivity contribution in [3.05, 3.63) is 42.7 Å². The minimum Gasteiger partial charge on any atom is -0.388 e. The van der Waals surface area contributed by atoms with Crippen LogP contribution in [0.15, 0.2) is 42.7 Å². The smallest absolute Gasteiger partial charge is 0.154 e. The summed E-state index contributed by atoms with van der Waals surface area (Å²) in [7, 11) is 1.91. The Morgan fingerprint density at radius 2 is 2.04 bits per heavy atom. The van der Waals surface area contributed by atoms with Gasteiger partial charge in [-0.25, -0.2) is 9.97 Å². The second-order valence-electron chi connectivity index (χ2n) is 6.19. The van der Waals surface area contributed by atoms with Gasteiger partial charge in [0.2, 0.25) is 0 Å². The predicted octanol–water partition coefficient (Wildman–Crippen LogP) is 2.13. The van der Waals surface area contributed by atoms with E-state index in [-0.39, 0.29) is 6.10 Å². The first-order valence-corrected chi connectivity index (χ1v) is 8.79. The monoisotopic (exact) mass is 350 g/mol. The number of benzene rings is 1. The van der Waals surface area contributed by atoms with E-state index in [0.29, 0.717) is 6.54 Å². The standard InChI is InChI=1S/C19H22N6O/c1-20-14-4-2-13(3-5-14)16-10-17-18(23-7-6-22-17)19(25-16)24-12-15-11-21-8-9-26-15/h2-7,10,15,20-21H,8-9,11-12H2,1H3,(H,24,25)/t15-/m1/s1. The van der Waals surface area contributed by atoms with Gasteiger partial charge in [0, 0.05) is 50.3 Å². The number of pyridine rings is 1. The molecule has 7 nitrogen and oxygen atoms in total. The van der Waals surface area contributed by atoms with Gasteiger partial charge in [0.15, 0.2) is 5.82 Å². The first-order valence-electron chi connectivity index (χ1n) is 8.79. The van der Waals surface area contributed by atoms with E-state index in [0.717, 1.165) is 53.5 Å². The van der Waals surface area contributed by atoms with Crippen molar-refractivity contribution in [1.29, 1.82) is 0 Å². The molecule has 3 N–H and O–H groups in total. The fraction of sp³-hybridized carbons (Fsp3) is 0.316. The van der Waals surface area contributed by atoms with Gasteiger partial charge in [-0.1, -0.05) is 12.1 Å². The largest absolute Gasteiger partial charge is 0.388 e.